The van der Waals surface area contributed by atoms with Crippen LogP contribution in [0.25, 0.3) is 33.3 Å². The van der Waals surface area contributed by atoms with Gasteiger partial charge in [0.25, 0.3) is 5.91 Å². The normalized spacial score (nSPS) is 13.9. The highest BCUT2D eigenvalue weighted by Gasteiger charge is 2.22. The molecule has 0 spiro atoms. The van der Waals surface area contributed by atoms with E-state index in [0.29, 0.717) is 16.4 Å². The Morgan fingerprint density at radius 3 is 2.48 bits per heavy atom. The number of carbonyl (C=O) groups is 1. The number of hydrogen-bond acceptors (Lipinski definition) is 2. The highest BCUT2D eigenvalue weighted by Crippen LogP contribution is 2.40. The van der Waals surface area contributed by atoms with Gasteiger partial charge in [-0.05, 0) is 30.5 Å². The van der Waals surface area contributed by atoms with Crippen LogP contribution in [0.2, 0.25) is 5.02 Å². The molecule has 4 nitrogen and oxygen atoms in total. The largest absolute Gasteiger partial charge is 0.357 e. The van der Waals surface area contributed by atoms with Crippen LogP contribution in [0, 0.1) is 0 Å². The predicted molar refractivity (Wildman–Crippen MR) is 117 cm³/mol. The minimum Gasteiger partial charge on any atom is -0.357 e. The predicted octanol–water partition coefficient (Wildman–Crippen LogP) is 5.79. The van der Waals surface area contributed by atoms with Gasteiger partial charge in [-0.3, -0.25) is 4.79 Å². The van der Waals surface area contributed by atoms with Crippen molar-refractivity contribution in [1.82, 2.24) is 14.9 Å². The number of fused-ring (bicyclic) bond motifs is 1. The van der Waals surface area contributed by atoms with Crippen molar-refractivity contribution >= 4 is 28.4 Å². The lowest BCUT2D eigenvalue weighted by molar-refractivity contribution is 0.0788. The van der Waals surface area contributed by atoms with E-state index >= 15 is 0 Å². The first-order valence-corrected chi connectivity index (χ1v) is 10.2. The van der Waals surface area contributed by atoms with E-state index in [9.17, 15) is 4.79 Å². The fourth-order valence-corrected chi connectivity index (χ4v) is 4.37. The SMILES string of the molecule is O=C(c1cc(-c2nc3ccccc3c(-c3ccccc3)c2Cl)c[nH]1)N1CCCC1. The zero-order chi connectivity index (χ0) is 19.8. The van der Waals surface area contributed by atoms with Gasteiger partial charge in [-0.2, -0.15) is 0 Å². The summed E-state index contributed by atoms with van der Waals surface area (Å²) in [5.41, 5.74) is 4.96. The average Bonchev–Trinajstić information content (AvgIpc) is 3.46. The Labute approximate surface area is 174 Å². The number of nitrogens with one attached hydrogen (secondary N) is 1. The smallest absolute Gasteiger partial charge is 0.270 e. The quantitative estimate of drug-likeness (QED) is 0.472. The van der Waals surface area contributed by atoms with Crippen LogP contribution in [-0.4, -0.2) is 33.9 Å². The molecule has 0 saturated carbocycles. The fraction of sp³-hybridized carbons (Fsp3) is 0.167. The molecule has 1 saturated heterocycles. The van der Waals surface area contributed by atoms with E-state index in [2.05, 4.69) is 17.1 Å². The van der Waals surface area contributed by atoms with Crippen LogP contribution in [0.4, 0.5) is 0 Å². The minimum atomic E-state index is 0.0361. The number of carbonyl (C=O) groups excluding carboxylic acids is 1. The number of halogens is 1. The van der Waals surface area contributed by atoms with Crippen molar-refractivity contribution < 1.29 is 4.79 Å². The second-order valence-electron chi connectivity index (χ2n) is 7.33. The summed E-state index contributed by atoms with van der Waals surface area (Å²) in [6.45, 7) is 1.64. The zero-order valence-electron chi connectivity index (χ0n) is 15.9. The number of nitrogens with zero attached hydrogens (tertiary/aromatic N) is 2. The first kappa shape index (κ1) is 18.0. The molecule has 1 amide bonds. The Morgan fingerprint density at radius 2 is 1.69 bits per heavy atom. The second kappa shape index (κ2) is 7.37. The molecule has 144 valence electrons. The van der Waals surface area contributed by atoms with Crippen molar-refractivity contribution in [2.45, 2.75) is 12.8 Å². The van der Waals surface area contributed by atoms with Gasteiger partial charge in [0, 0.05) is 35.8 Å². The number of benzene rings is 2. The lowest BCUT2D eigenvalue weighted by Gasteiger charge is -2.14. The van der Waals surface area contributed by atoms with Crippen molar-refractivity contribution in [1.29, 1.82) is 0 Å². The van der Waals surface area contributed by atoms with E-state index in [1.54, 1.807) is 0 Å². The van der Waals surface area contributed by atoms with Crippen LogP contribution in [-0.2, 0) is 0 Å². The van der Waals surface area contributed by atoms with Crippen LogP contribution in [0.5, 0.6) is 0 Å². The van der Waals surface area contributed by atoms with Gasteiger partial charge < -0.3 is 9.88 Å². The van der Waals surface area contributed by atoms with Gasteiger partial charge in [0.2, 0.25) is 0 Å². The lowest BCUT2D eigenvalue weighted by atomic mass is 9.98. The Balaban J connectivity index is 1.65. The summed E-state index contributed by atoms with van der Waals surface area (Å²) in [6.07, 6.45) is 3.96. The number of para-hydroxylation sites is 1. The van der Waals surface area contributed by atoms with Gasteiger partial charge in [-0.25, -0.2) is 4.98 Å². The molecule has 2 aromatic heterocycles. The van der Waals surface area contributed by atoms with Gasteiger partial charge in [-0.15, -0.1) is 0 Å². The highest BCUT2D eigenvalue weighted by molar-refractivity contribution is 6.37. The molecule has 5 heteroatoms. The Kier molecular flexibility index (Phi) is 4.57. The highest BCUT2D eigenvalue weighted by atomic mass is 35.5. The van der Waals surface area contributed by atoms with Crippen molar-refractivity contribution in [2.75, 3.05) is 13.1 Å². The molecule has 1 fully saturated rings. The molecule has 0 unspecified atom stereocenters. The molecule has 5 rings (SSSR count). The summed E-state index contributed by atoms with van der Waals surface area (Å²) >= 11 is 6.90. The molecule has 4 aromatic rings. The summed E-state index contributed by atoms with van der Waals surface area (Å²) in [6, 6.07) is 20.0. The van der Waals surface area contributed by atoms with Crippen molar-refractivity contribution in [3.8, 4) is 22.4 Å². The summed E-state index contributed by atoms with van der Waals surface area (Å²) in [4.78, 5) is 22.6. The Bertz CT molecular complexity index is 1190. The van der Waals surface area contributed by atoms with Crippen LogP contribution in [0.15, 0.2) is 66.9 Å². The van der Waals surface area contributed by atoms with Gasteiger partial charge >= 0.3 is 0 Å². The monoisotopic (exact) mass is 401 g/mol. The molecule has 1 N–H and O–H groups in total. The van der Waals surface area contributed by atoms with E-state index in [1.165, 1.54) is 0 Å². The summed E-state index contributed by atoms with van der Waals surface area (Å²) < 4.78 is 0. The summed E-state index contributed by atoms with van der Waals surface area (Å²) in [5, 5.41) is 1.60. The van der Waals surface area contributed by atoms with Crippen molar-refractivity contribution in [3.63, 3.8) is 0 Å². The molecule has 0 atom stereocenters. The standard InChI is InChI=1S/C24H20ClN3O/c25-22-21(16-8-2-1-3-9-16)18-10-4-5-11-19(18)27-23(22)17-14-20(26-15-17)24(29)28-12-6-7-13-28/h1-5,8-11,14-15,26H,6-7,12-13H2. The van der Waals surface area contributed by atoms with E-state index in [0.717, 1.165) is 53.5 Å². The molecule has 0 aliphatic carbocycles. The molecule has 3 heterocycles. The van der Waals surface area contributed by atoms with Crippen molar-refractivity contribution in [3.05, 3.63) is 77.6 Å². The molecule has 1 aliphatic heterocycles. The number of hydrogen-bond donors (Lipinski definition) is 1. The number of rotatable bonds is 3. The zero-order valence-corrected chi connectivity index (χ0v) is 16.6. The number of H-pyrrole nitrogens is 1. The van der Waals surface area contributed by atoms with E-state index in [1.807, 2.05) is 59.6 Å². The third-order valence-electron chi connectivity index (χ3n) is 5.48. The average molecular weight is 402 g/mol. The number of likely N-dealkylation sites (tertiary alicyclic amines) is 1. The first-order valence-electron chi connectivity index (χ1n) is 9.84. The maximum atomic E-state index is 12.7. The van der Waals surface area contributed by atoms with Crippen LogP contribution in [0.1, 0.15) is 23.3 Å². The van der Waals surface area contributed by atoms with E-state index in [-0.39, 0.29) is 5.91 Å². The van der Waals surface area contributed by atoms with E-state index in [4.69, 9.17) is 16.6 Å². The molecule has 0 bridgehead atoms. The molecular weight excluding hydrogens is 382 g/mol. The third kappa shape index (κ3) is 3.19. The molecule has 29 heavy (non-hydrogen) atoms. The molecule has 2 aromatic carbocycles. The third-order valence-corrected chi connectivity index (χ3v) is 5.84. The van der Waals surface area contributed by atoms with Gasteiger partial charge in [0.1, 0.15) is 5.69 Å². The van der Waals surface area contributed by atoms with Crippen LogP contribution < -0.4 is 0 Å². The number of aromatic amines is 1. The first-order chi connectivity index (χ1) is 14.2. The number of aromatic nitrogens is 2. The second-order valence-corrected chi connectivity index (χ2v) is 7.71. The number of amides is 1. The minimum absolute atomic E-state index is 0.0361. The molecule has 0 radical (unpaired) electrons. The van der Waals surface area contributed by atoms with Crippen molar-refractivity contribution in [2.24, 2.45) is 0 Å². The topological polar surface area (TPSA) is 49.0 Å². The summed E-state index contributed by atoms with van der Waals surface area (Å²) in [5.74, 6) is 0.0361. The fourth-order valence-electron chi connectivity index (χ4n) is 4.01. The van der Waals surface area contributed by atoms with Crippen LogP contribution >= 0.6 is 11.6 Å². The van der Waals surface area contributed by atoms with Gasteiger partial charge in [0.15, 0.2) is 0 Å². The summed E-state index contributed by atoms with van der Waals surface area (Å²) in [7, 11) is 0. The maximum Gasteiger partial charge on any atom is 0.270 e. The Morgan fingerprint density at radius 1 is 0.966 bits per heavy atom. The maximum absolute atomic E-state index is 12.7. The molecular formula is C24H20ClN3O. The number of pyridine rings is 1. The van der Waals surface area contributed by atoms with E-state index < -0.39 is 0 Å². The Hall–Kier alpha value is -3.11. The van der Waals surface area contributed by atoms with Crippen LogP contribution in [0.3, 0.4) is 0 Å². The lowest BCUT2D eigenvalue weighted by Crippen LogP contribution is -2.27. The molecule has 1 aliphatic rings. The van der Waals surface area contributed by atoms with Gasteiger partial charge in [-0.1, -0.05) is 60.1 Å². The van der Waals surface area contributed by atoms with Gasteiger partial charge in [0.05, 0.1) is 16.2 Å².